The van der Waals surface area contributed by atoms with Gasteiger partial charge in [-0.3, -0.25) is 9.69 Å². The summed E-state index contributed by atoms with van der Waals surface area (Å²) in [4.78, 5) is 16.2. The van der Waals surface area contributed by atoms with Crippen LogP contribution in [0.1, 0.15) is 5.56 Å². The van der Waals surface area contributed by atoms with E-state index in [-0.39, 0.29) is 11.7 Å². The first kappa shape index (κ1) is 17.7. The van der Waals surface area contributed by atoms with Gasteiger partial charge in [-0.15, -0.1) is 0 Å². The number of carbonyl (C=O) groups is 1. The standard InChI is InChI=1S/C19H21ClFN3O/c20-16-6-2-1-5-15(16)13-22-19(25)14-23-9-11-24(12-10-23)18-8-4-3-7-17(18)21/h1-8H,9-14H2,(H,22,25). The van der Waals surface area contributed by atoms with Gasteiger partial charge in [0.15, 0.2) is 0 Å². The number of nitrogens with zero attached hydrogens (tertiary/aromatic N) is 2. The summed E-state index contributed by atoms with van der Waals surface area (Å²) in [6.07, 6.45) is 0. The van der Waals surface area contributed by atoms with Crippen LogP contribution in [0.4, 0.5) is 10.1 Å². The van der Waals surface area contributed by atoms with E-state index in [0.717, 1.165) is 18.7 Å². The highest BCUT2D eigenvalue weighted by atomic mass is 35.5. The number of anilines is 1. The van der Waals surface area contributed by atoms with Crippen LogP contribution in [0.2, 0.25) is 5.02 Å². The topological polar surface area (TPSA) is 35.6 Å². The number of rotatable bonds is 5. The lowest BCUT2D eigenvalue weighted by atomic mass is 10.2. The Bertz CT molecular complexity index is 732. The van der Waals surface area contributed by atoms with Crippen molar-refractivity contribution in [1.29, 1.82) is 0 Å². The van der Waals surface area contributed by atoms with Crippen LogP contribution in [0.3, 0.4) is 0 Å². The number of benzene rings is 2. The maximum absolute atomic E-state index is 13.8. The Morgan fingerprint density at radius 1 is 1.04 bits per heavy atom. The van der Waals surface area contributed by atoms with Gasteiger partial charge in [0.05, 0.1) is 12.2 Å². The molecule has 3 rings (SSSR count). The van der Waals surface area contributed by atoms with E-state index in [0.29, 0.717) is 36.9 Å². The van der Waals surface area contributed by atoms with Gasteiger partial charge in [-0.05, 0) is 23.8 Å². The van der Waals surface area contributed by atoms with Crippen LogP contribution >= 0.6 is 11.6 Å². The smallest absolute Gasteiger partial charge is 0.234 e. The summed E-state index contributed by atoms with van der Waals surface area (Å²) in [7, 11) is 0. The van der Waals surface area contributed by atoms with E-state index in [1.807, 2.05) is 35.2 Å². The minimum absolute atomic E-state index is 0.0285. The van der Waals surface area contributed by atoms with Gasteiger partial charge in [0.1, 0.15) is 5.82 Å². The molecule has 0 unspecified atom stereocenters. The zero-order valence-electron chi connectivity index (χ0n) is 13.9. The third-order valence-corrected chi connectivity index (χ3v) is 4.74. The van der Waals surface area contributed by atoms with Crippen molar-refractivity contribution in [2.75, 3.05) is 37.6 Å². The van der Waals surface area contributed by atoms with Crippen LogP contribution in [0.5, 0.6) is 0 Å². The number of hydrogen-bond donors (Lipinski definition) is 1. The third-order valence-electron chi connectivity index (χ3n) is 4.37. The van der Waals surface area contributed by atoms with Crippen LogP contribution in [-0.2, 0) is 11.3 Å². The van der Waals surface area contributed by atoms with Crippen LogP contribution in [0.25, 0.3) is 0 Å². The summed E-state index contributed by atoms with van der Waals surface area (Å²) >= 11 is 6.09. The predicted molar refractivity (Wildman–Crippen MR) is 98.4 cm³/mol. The van der Waals surface area contributed by atoms with Gasteiger partial charge in [0.25, 0.3) is 0 Å². The fourth-order valence-corrected chi connectivity index (χ4v) is 3.15. The molecule has 0 bridgehead atoms. The van der Waals surface area contributed by atoms with Crippen molar-refractivity contribution in [3.8, 4) is 0 Å². The molecule has 1 aliphatic heterocycles. The predicted octanol–water partition coefficient (Wildman–Crippen LogP) is 2.92. The maximum atomic E-state index is 13.8. The molecule has 2 aromatic carbocycles. The number of para-hydroxylation sites is 1. The van der Waals surface area contributed by atoms with Crippen molar-refractivity contribution in [1.82, 2.24) is 10.2 Å². The molecule has 0 aliphatic carbocycles. The van der Waals surface area contributed by atoms with E-state index < -0.39 is 0 Å². The van der Waals surface area contributed by atoms with Gasteiger partial charge in [-0.2, -0.15) is 0 Å². The van der Waals surface area contributed by atoms with Gasteiger partial charge < -0.3 is 10.2 Å². The van der Waals surface area contributed by atoms with Crippen molar-refractivity contribution in [2.45, 2.75) is 6.54 Å². The normalized spacial score (nSPS) is 15.2. The number of amides is 1. The molecule has 1 heterocycles. The fraction of sp³-hybridized carbons (Fsp3) is 0.316. The Morgan fingerprint density at radius 2 is 1.72 bits per heavy atom. The zero-order chi connectivity index (χ0) is 17.6. The molecule has 1 aliphatic rings. The Morgan fingerprint density at radius 3 is 2.44 bits per heavy atom. The quantitative estimate of drug-likeness (QED) is 0.889. The molecule has 0 atom stereocenters. The highest BCUT2D eigenvalue weighted by molar-refractivity contribution is 6.31. The van der Waals surface area contributed by atoms with Crippen molar-refractivity contribution in [3.63, 3.8) is 0 Å². The number of nitrogens with one attached hydrogen (secondary N) is 1. The van der Waals surface area contributed by atoms with Gasteiger partial charge >= 0.3 is 0 Å². The van der Waals surface area contributed by atoms with Gasteiger partial charge in [0, 0.05) is 37.7 Å². The Hall–Kier alpha value is -2.11. The summed E-state index contributed by atoms with van der Waals surface area (Å²) < 4.78 is 13.8. The Labute approximate surface area is 152 Å². The molecule has 132 valence electrons. The first-order chi connectivity index (χ1) is 12.1. The molecule has 0 aromatic heterocycles. The van der Waals surface area contributed by atoms with E-state index in [9.17, 15) is 9.18 Å². The van der Waals surface area contributed by atoms with Crippen molar-refractivity contribution in [2.24, 2.45) is 0 Å². The minimum atomic E-state index is -0.201. The second kappa shape index (κ2) is 8.32. The first-order valence-electron chi connectivity index (χ1n) is 8.35. The van der Waals surface area contributed by atoms with Crippen LogP contribution in [0, 0.1) is 5.82 Å². The van der Waals surface area contributed by atoms with E-state index >= 15 is 0 Å². The highest BCUT2D eigenvalue weighted by Crippen LogP contribution is 2.20. The number of carbonyl (C=O) groups excluding carboxylic acids is 1. The first-order valence-corrected chi connectivity index (χ1v) is 8.73. The van der Waals surface area contributed by atoms with E-state index in [1.165, 1.54) is 6.07 Å². The van der Waals surface area contributed by atoms with E-state index in [1.54, 1.807) is 12.1 Å². The molecule has 1 N–H and O–H groups in total. The van der Waals surface area contributed by atoms with E-state index in [2.05, 4.69) is 10.2 Å². The number of piperazine rings is 1. The molecule has 1 fully saturated rings. The summed E-state index contributed by atoms with van der Waals surface area (Å²) in [5, 5.41) is 3.55. The molecule has 25 heavy (non-hydrogen) atoms. The maximum Gasteiger partial charge on any atom is 0.234 e. The van der Waals surface area contributed by atoms with Crippen molar-refractivity contribution >= 4 is 23.2 Å². The van der Waals surface area contributed by atoms with Crippen LogP contribution in [-0.4, -0.2) is 43.5 Å². The summed E-state index contributed by atoms with van der Waals surface area (Å²) in [5.74, 6) is -0.229. The van der Waals surface area contributed by atoms with Crippen LogP contribution < -0.4 is 10.2 Å². The molecule has 4 nitrogen and oxygen atoms in total. The lowest BCUT2D eigenvalue weighted by Crippen LogP contribution is -2.49. The lowest BCUT2D eigenvalue weighted by molar-refractivity contribution is -0.122. The molecule has 0 saturated carbocycles. The summed E-state index contributed by atoms with van der Waals surface area (Å²) in [5.41, 5.74) is 1.53. The highest BCUT2D eigenvalue weighted by Gasteiger charge is 2.20. The van der Waals surface area contributed by atoms with Gasteiger partial charge in [0.2, 0.25) is 5.91 Å². The van der Waals surface area contributed by atoms with E-state index in [4.69, 9.17) is 11.6 Å². The molecule has 0 spiro atoms. The van der Waals surface area contributed by atoms with Crippen LogP contribution in [0.15, 0.2) is 48.5 Å². The SMILES string of the molecule is O=C(CN1CCN(c2ccccc2F)CC1)NCc1ccccc1Cl. The Kier molecular flexibility index (Phi) is 5.89. The molecule has 1 saturated heterocycles. The van der Waals surface area contributed by atoms with Gasteiger partial charge in [-0.25, -0.2) is 4.39 Å². The van der Waals surface area contributed by atoms with Gasteiger partial charge in [-0.1, -0.05) is 41.9 Å². The molecule has 0 radical (unpaired) electrons. The Balaban J connectivity index is 1.45. The second-order valence-electron chi connectivity index (χ2n) is 6.08. The molecule has 1 amide bonds. The average Bonchev–Trinajstić information content (AvgIpc) is 2.62. The minimum Gasteiger partial charge on any atom is -0.367 e. The molecule has 2 aromatic rings. The molecular formula is C19H21ClFN3O. The average molecular weight is 362 g/mol. The largest absolute Gasteiger partial charge is 0.367 e. The second-order valence-corrected chi connectivity index (χ2v) is 6.49. The fourth-order valence-electron chi connectivity index (χ4n) is 2.95. The van der Waals surface area contributed by atoms with Crippen molar-refractivity contribution < 1.29 is 9.18 Å². The molecule has 6 heteroatoms. The van der Waals surface area contributed by atoms with Crippen molar-refractivity contribution in [3.05, 3.63) is 64.9 Å². The molecular weight excluding hydrogens is 341 g/mol. The zero-order valence-corrected chi connectivity index (χ0v) is 14.7. The lowest BCUT2D eigenvalue weighted by Gasteiger charge is -2.35. The summed E-state index contributed by atoms with van der Waals surface area (Å²) in [6.45, 7) is 3.64. The monoisotopic (exact) mass is 361 g/mol. The number of hydrogen-bond acceptors (Lipinski definition) is 3. The summed E-state index contributed by atoms with van der Waals surface area (Å²) in [6, 6.07) is 14.3. The number of halogens is 2. The third kappa shape index (κ3) is 4.71.